The highest BCUT2D eigenvalue weighted by Crippen LogP contribution is 2.56. The molecule has 0 amide bonds. The quantitative estimate of drug-likeness (QED) is 0.266. The summed E-state index contributed by atoms with van der Waals surface area (Å²) in [6.07, 6.45) is 0. The molecule has 0 bridgehead atoms. The fraction of sp³-hybridized carbons (Fsp3) is 0.0909. The Bertz CT molecular complexity index is 1310. The van der Waals surface area contributed by atoms with Crippen molar-refractivity contribution in [2.45, 2.75) is 19.3 Å². The maximum atomic E-state index is 2.41. The first-order valence-electron chi connectivity index (χ1n) is 11.8. The Labute approximate surface area is 197 Å². The third-order valence-electron chi connectivity index (χ3n) is 6.57. The van der Waals surface area contributed by atoms with Crippen molar-refractivity contribution in [2.75, 3.05) is 0 Å². The second-order valence-electron chi connectivity index (χ2n) is 8.15. The van der Waals surface area contributed by atoms with E-state index in [1.165, 1.54) is 44.5 Å². The van der Waals surface area contributed by atoms with Crippen LogP contribution in [-0.2, 0) is 5.41 Å². The molecule has 0 aliphatic heterocycles. The highest BCUT2D eigenvalue weighted by Gasteiger charge is 2.45. The third-order valence-corrected chi connectivity index (χ3v) is 6.57. The van der Waals surface area contributed by atoms with Gasteiger partial charge in [-0.1, -0.05) is 141 Å². The van der Waals surface area contributed by atoms with E-state index in [0.717, 1.165) is 0 Å². The van der Waals surface area contributed by atoms with Gasteiger partial charge in [0, 0.05) is 0 Å². The Morgan fingerprint density at radius 2 is 0.879 bits per heavy atom. The van der Waals surface area contributed by atoms with E-state index in [1.54, 1.807) is 0 Å². The third kappa shape index (κ3) is 3.31. The summed E-state index contributed by atoms with van der Waals surface area (Å²) in [6.45, 7) is 4.00. The summed E-state index contributed by atoms with van der Waals surface area (Å²) >= 11 is 0. The SMILES string of the molecule is CC.c1ccc(-c2ccc3c(c2)C(c2ccccc2)(c2ccccc2)c2ccccc2-3)cc1. The molecule has 0 saturated carbocycles. The van der Waals surface area contributed by atoms with E-state index in [-0.39, 0.29) is 5.41 Å². The van der Waals surface area contributed by atoms with Crippen LogP contribution >= 0.6 is 0 Å². The van der Waals surface area contributed by atoms with Crippen LogP contribution in [0, 0.1) is 0 Å². The van der Waals surface area contributed by atoms with Crippen molar-refractivity contribution >= 4 is 0 Å². The maximum absolute atomic E-state index is 2.41. The molecule has 1 aliphatic rings. The topological polar surface area (TPSA) is 0 Å². The Morgan fingerprint density at radius 3 is 1.48 bits per heavy atom. The summed E-state index contributed by atoms with van der Waals surface area (Å²) in [5.74, 6) is 0. The van der Waals surface area contributed by atoms with Gasteiger partial charge in [-0.3, -0.25) is 0 Å². The van der Waals surface area contributed by atoms with Gasteiger partial charge in [-0.15, -0.1) is 0 Å². The lowest BCUT2D eigenvalue weighted by molar-refractivity contribution is 0.769. The lowest BCUT2D eigenvalue weighted by Gasteiger charge is -2.34. The maximum Gasteiger partial charge on any atom is 0.0713 e. The molecule has 0 N–H and O–H groups in total. The zero-order valence-electron chi connectivity index (χ0n) is 19.2. The van der Waals surface area contributed by atoms with Crippen molar-refractivity contribution in [3.63, 3.8) is 0 Å². The molecular formula is C33H28. The van der Waals surface area contributed by atoms with Gasteiger partial charge < -0.3 is 0 Å². The summed E-state index contributed by atoms with van der Waals surface area (Å²) in [4.78, 5) is 0. The zero-order chi connectivity index (χ0) is 22.7. The van der Waals surface area contributed by atoms with E-state index < -0.39 is 0 Å². The van der Waals surface area contributed by atoms with Gasteiger partial charge in [0.15, 0.2) is 0 Å². The summed E-state index contributed by atoms with van der Waals surface area (Å²) in [6, 6.07) is 48.5. The normalized spacial score (nSPS) is 12.8. The van der Waals surface area contributed by atoms with E-state index in [4.69, 9.17) is 0 Å². The minimum Gasteiger partial charge on any atom is -0.0683 e. The zero-order valence-corrected chi connectivity index (χ0v) is 19.2. The molecule has 0 heterocycles. The molecule has 5 aromatic carbocycles. The molecule has 0 atom stereocenters. The predicted octanol–water partition coefficient (Wildman–Crippen LogP) is 8.74. The van der Waals surface area contributed by atoms with Crippen LogP contribution in [0.5, 0.6) is 0 Å². The van der Waals surface area contributed by atoms with Crippen LogP contribution in [0.3, 0.4) is 0 Å². The minimum absolute atomic E-state index is 0.334. The average Bonchev–Trinajstić information content (AvgIpc) is 3.22. The number of fused-ring (bicyclic) bond motifs is 3. The standard InChI is InChI=1S/C31H22.C2H6/c1-4-12-23(13-5-1)24-20-21-28-27-18-10-11-19-29(27)31(30(28)22-24,25-14-6-2-7-15-25)26-16-8-3-9-17-26;1-2/h1-22H;1-2H3. The average molecular weight is 425 g/mol. The van der Waals surface area contributed by atoms with Crippen LogP contribution in [0.25, 0.3) is 22.3 Å². The van der Waals surface area contributed by atoms with Crippen LogP contribution in [0.1, 0.15) is 36.1 Å². The molecule has 0 radical (unpaired) electrons. The number of hydrogen-bond donors (Lipinski definition) is 0. The second-order valence-corrected chi connectivity index (χ2v) is 8.15. The molecule has 0 heteroatoms. The van der Waals surface area contributed by atoms with Crippen LogP contribution in [0.15, 0.2) is 133 Å². The lowest BCUT2D eigenvalue weighted by atomic mass is 9.67. The van der Waals surface area contributed by atoms with Crippen molar-refractivity contribution in [3.05, 3.63) is 156 Å². The van der Waals surface area contributed by atoms with Crippen LogP contribution in [0.2, 0.25) is 0 Å². The smallest absolute Gasteiger partial charge is 0.0683 e. The highest BCUT2D eigenvalue weighted by molar-refractivity contribution is 5.88. The number of benzene rings is 5. The van der Waals surface area contributed by atoms with Crippen molar-refractivity contribution in [3.8, 4) is 22.3 Å². The van der Waals surface area contributed by atoms with Crippen molar-refractivity contribution in [1.29, 1.82) is 0 Å². The summed E-state index contributed by atoms with van der Waals surface area (Å²) < 4.78 is 0. The molecular weight excluding hydrogens is 396 g/mol. The Kier molecular flexibility index (Phi) is 5.67. The second kappa shape index (κ2) is 8.92. The van der Waals surface area contributed by atoms with E-state index in [0.29, 0.717) is 0 Å². The van der Waals surface area contributed by atoms with Crippen LogP contribution in [0.4, 0.5) is 0 Å². The van der Waals surface area contributed by atoms with Gasteiger partial charge in [0.25, 0.3) is 0 Å². The van der Waals surface area contributed by atoms with Crippen LogP contribution < -0.4 is 0 Å². The van der Waals surface area contributed by atoms with E-state index in [2.05, 4.69) is 133 Å². The van der Waals surface area contributed by atoms with Gasteiger partial charge in [0.2, 0.25) is 0 Å². The molecule has 33 heavy (non-hydrogen) atoms. The van der Waals surface area contributed by atoms with E-state index in [9.17, 15) is 0 Å². The molecule has 0 saturated heterocycles. The molecule has 1 aliphatic carbocycles. The first kappa shape index (κ1) is 21.0. The predicted molar refractivity (Wildman–Crippen MR) is 141 cm³/mol. The molecule has 6 rings (SSSR count). The van der Waals surface area contributed by atoms with Gasteiger partial charge in [-0.25, -0.2) is 0 Å². The largest absolute Gasteiger partial charge is 0.0713 e. The Balaban J connectivity index is 0.00000111. The van der Waals surface area contributed by atoms with Crippen molar-refractivity contribution in [2.24, 2.45) is 0 Å². The van der Waals surface area contributed by atoms with Gasteiger partial charge in [0.05, 0.1) is 5.41 Å². The van der Waals surface area contributed by atoms with Gasteiger partial charge >= 0.3 is 0 Å². The molecule has 0 aromatic heterocycles. The van der Waals surface area contributed by atoms with E-state index >= 15 is 0 Å². The fourth-order valence-corrected chi connectivity index (χ4v) is 5.25. The Morgan fingerprint density at radius 1 is 0.394 bits per heavy atom. The minimum atomic E-state index is -0.334. The summed E-state index contributed by atoms with van der Waals surface area (Å²) in [5, 5.41) is 0. The molecule has 160 valence electrons. The number of hydrogen-bond acceptors (Lipinski definition) is 0. The van der Waals surface area contributed by atoms with Gasteiger partial charge in [0.1, 0.15) is 0 Å². The monoisotopic (exact) mass is 424 g/mol. The molecule has 0 nitrogen and oxygen atoms in total. The Hall–Kier alpha value is -3.90. The first-order valence-corrected chi connectivity index (χ1v) is 11.8. The lowest BCUT2D eigenvalue weighted by Crippen LogP contribution is -2.28. The number of rotatable bonds is 3. The molecule has 0 spiro atoms. The summed E-state index contributed by atoms with van der Waals surface area (Å²) in [5.41, 5.74) is 10.1. The fourth-order valence-electron chi connectivity index (χ4n) is 5.25. The van der Waals surface area contributed by atoms with Gasteiger partial charge in [-0.05, 0) is 50.6 Å². The van der Waals surface area contributed by atoms with Crippen LogP contribution in [-0.4, -0.2) is 0 Å². The molecule has 5 aromatic rings. The van der Waals surface area contributed by atoms with Crippen molar-refractivity contribution < 1.29 is 0 Å². The van der Waals surface area contributed by atoms with Crippen molar-refractivity contribution in [1.82, 2.24) is 0 Å². The highest BCUT2D eigenvalue weighted by atomic mass is 14.5. The first-order chi connectivity index (χ1) is 16.4. The molecule has 0 unspecified atom stereocenters. The van der Waals surface area contributed by atoms with E-state index in [1.807, 2.05) is 13.8 Å². The molecule has 0 fully saturated rings. The van der Waals surface area contributed by atoms with Gasteiger partial charge in [-0.2, -0.15) is 0 Å². The summed E-state index contributed by atoms with van der Waals surface area (Å²) in [7, 11) is 0.